The minimum Gasteiger partial charge on any atom is -0.289 e. The minimum absolute atomic E-state index is 0.0452. The highest BCUT2D eigenvalue weighted by atomic mass is 32.2. The Hall–Kier alpha value is -2.73. The third-order valence-electron chi connectivity index (χ3n) is 3.17. The Morgan fingerprint density at radius 2 is 1.83 bits per heavy atom. The molecule has 0 N–H and O–H groups in total. The summed E-state index contributed by atoms with van der Waals surface area (Å²) in [6, 6.07) is 17.1. The summed E-state index contributed by atoms with van der Waals surface area (Å²) < 4.78 is 1.63. The lowest BCUT2D eigenvalue weighted by Gasteiger charge is -2.01. The summed E-state index contributed by atoms with van der Waals surface area (Å²) in [5.74, 6) is -0.0452. The number of rotatable bonds is 5. The number of para-hydroxylation sites is 1. The molecular weight excluding hydrogens is 308 g/mol. The van der Waals surface area contributed by atoms with Crippen LogP contribution in [0.4, 0.5) is 0 Å². The molecule has 3 aromatic rings. The molecule has 0 saturated heterocycles. The van der Waals surface area contributed by atoms with E-state index < -0.39 is 0 Å². The molecule has 6 heteroatoms. The SMILES string of the molecule is Cc1ccc(C(=O)C=CSc2nnnn2-c2ccccc2)cc1. The van der Waals surface area contributed by atoms with Gasteiger partial charge in [-0.05, 0) is 41.0 Å². The number of thioether (sulfide) groups is 1. The maximum atomic E-state index is 12.1. The van der Waals surface area contributed by atoms with Crippen LogP contribution in [0, 0.1) is 6.92 Å². The van der Waals surface area contributed by atoms with Gasteiger partial charge in [0, 0.05) is 5.56 Å². The highest BCUT2D eigenvalue weighted by Crippen LogP contribution is 2.19. The van der Waals surface area contributed by atoms with Crippen LogP contribution in [-0.2, 0) is 0 Å². The third-order valence-corrected chi connectivity index (χ3v) is 3.91. The molecule has 0 bridgehead atoms. The van der Waals surface area contributed by atoms with Crippen LogP contribution in [0.1, 0.15) is 15.9 Å². The molecule has 5 nitrogen and oxygen atoms in total. The summed E-state index contributed by atoms with van der Waals surface area (Å²) >= 11 is 1.30. The maximum absolute atomic E-state index is 12.1. The molecule has 0 unspecified atom stereocenters. The van der Waals surface area contributed by atoms with Gasteiger partial charge in [-0.1, -0.05) is 59.8 Å². The molecule has 0 spiro atoms. The van der Waals surface area contributed by atoms with Crippen LogP contribution in [0.5, 0.6) is 0 Å². The van der Waals surface area contributed by atoms with E-state index in [2.05, 4.69) is 15.5 Å². The van der Waals surface area contributed by atoms with Gasteiger partial charge in [-0.15, -0.1) is 5.10 Å². The van der Waals surface area contributed by atoms with Crippen molar-refractivity contribution in [1.29, 1.82) is 0 Å². The fourth-order valence-electron chi connectivity index (χ4n) is 1.95. The number of aryl methyl sites for hydroxylation is 1. The van der Waals surface area contributed by atoms with Crippen molar-refractivity contribution in [2.75, 3.05) is 0 Å². The van der Waals surface area contributed by atoms with E-state index >= 15 is 0 Å². The zero-order valence-electron chi connectivity index (χ0n) is 12.5. The van der Waals surface area contributed by atoms with Crippen LogP contribution in [0.2, 0.25) is 0 Å². The lowest BCUT2D eigenvalue weighted by Crippen LogP contribution is -1.98. The fraction of sp³-hybridized carbons (Fsp3) is 0.0588. The highest BCUT2D eigenvalue weighted by molar-refractivity contribution is 8.02. The second kappa shape index (κ2) is 7.02. The zero-order valence-corrected chi connectivity index (χ0v) is 13.3. The molecule has 0 aliphatic rings. The van der Waals surface area contributed by atoms with Crippen LogP contribution in [0.25, 0.3) is 5.69 Å². The summed E-state index contributed by atoms with van der Waals surface area (Å²) in [5, 5.41) is 13.9. The van der Waals surface area contributed by atoms with Crippen molar-refractivity contribution >= 4 is 17.5 Å². The quantitative estimate of drug-likeness (QED) is 0.409. The summed E-state index contributed by atoms with van der Waals surface area (Å²) in [7, 11) is 0. The molecule has 0 radical (unpaired) electrons. The number of ketones is 1. The predicted octanol–water partition coefficient (Wildman–Crippen LogP) is 3.46. The molecule has 0 fully saturated rings. The molecule has 2 aromatic carbocycles. The summed E-state index contributed by atoms with van der Waals surface area (Å²) in [5.41, 5.74) is 2.66. The maximum Gasteiger partial charge on any atom is 0.218 e. The standard InChI is InChI=1S/C17H14N4OS/c1-13-7-9-14(10-8-13)16(22)11-12-23-17-18-19-20-21(17)15-5-3-2-4-6-15/h2-12H,1H3. The average molecular weight is 322 g/mol. The number of hydrogen-bond donors (Lipinski definition) is 0. The topological polar surface area (TPSA) is 60.7 Å². The Bertz CT molecular complexity index is 825. The van der Waals surface area contributed by atoms with Gasteiger partial charge in [0.25, 0.3) is 0 Å². The number of nitrogens with zero attached hydrogens (tertiary/aromatic N) is 4. The van der Waals surface area contributed by atoms with E-state index in [0.717, 1.165) is 11.3 Å². The number of carbonyl (C=O) groups is 1. The highest BCUT2D eigenvalue weighted by Gasteiger charge is 2.07. The van der Waals surface area contributed by atoms with Gasteiger partial charge < -0.3 is 0 Å². The second-order valence-electron chi connectivity index (χ2n) is 4.86. The zero-order chi connectivity index (χ0) is 16.1. The van der Waals surface area contributed by atoms with Crippen molar-refractivity contribution in [1.82, 2.24) is 20.2 Å². The largest absolute Gasteiger partial charge is 0.289 e. The van der Waals surface area contributed by atoms with E-state index in [1.165, 1.54) is 17.8 Å². The van der Waals surface area contributed by atoms with E-state index in [0.29, 0.717) is 10.7 Å². The molecule has 0 amide bonds. The first-order valence-electron chi connectivity index (χ1n) is 7.02. The van der Waals surface area contributed by atoms with Crippen molar-refractivity contribution in [3.05, 3.63) is 77.2 Å². The number of benzene rings is 2. The van der Waals surface area contributed by atoms with Crippen LogP contribution < -0.4 is 0 Å². The van der Waals surface area contributed by atoms with Crippen LogP contribution >= 0.6 is 11.8 Å². The first kappa shape index (κ1) is 15.2. The molecule has 3 rings (SSSR count). The van der Waals surface area contributed by atoms with E-state index in [1.54, 1.807) is 10.1 Å². The molecule has 114 valence electrons. The second-order valence-corrected chi connectivity index (χ2v) is 5.73. The fourth-order valence-corrected chi connectivity index (χ4v) is 2.59. The van der Waals surface area contributed by atoms with Gasteiger partial charge in [-0.25, -0.2) is 0 Å². The Balaban J connectivity index is 1.70. The molecule has 1 heterocycles. The molecular formula is C17H14N4OS. The van der Waals surface area contributed by atoms with Crippen molar-refractivity contribution in [3.63, 3.8) is 0 Å². The lowest BCUT2D eigenvalue weighted by atomic mass is 10.1. The molecule has 0 aliphatic carbocycles. The molecule has 23 heavy (non-hydrogen) atoms. The van der Waals surface area contributed by atoms with Gasteiger partial charge in [0.2, 0.25) is 5.16 Å². The van der Waals surface area contributed by atoms with Gasteiger partial charge in [-0.3, -0.25) is 4.79 Å². The molecule has 0 saturated carbocycles. The van der Waals surface area contributed by atoms with Crippen LogP contribution in [0.15, 0.2) is 71.2 Å². The van der Waals surface area contributed by atoms with Crippen molar-refractivity contribution in [2.24, 2.45) is 0 Å². The third kappa shape index (κ3) is 3.73. The van der Waals surface area contributed by atoms with Gasteiger partial charge in [0.05, 0.1) is 5.69 Å². The van der Waals surface area contributed by atoms with E-state index in [4.69, 9.17) is 0 Å². The van der Waals surface area contributed by atoms with Gasteiger partial charge in [0.1, 0.15) is 0 Å². The van der Waals surface area contributed by atoms with E-state index in [9.17, 15) is 4.79 Å². The van der Waals surface area contributed by atoms with E-state index in [-0.39, 0.29) is 5.78 Å². The molecule has 0 atom stereocenters. The van der Waals surface area contributed by atoms with Gasteiger partial charge in [-0.2, -0.15) is 4.68 Å². The van der Waals surface area contributed by atoms with Crippen molar-refractivity contribution < 1.29 is 4.79 Å². The predicted molar refractivity (Wildman–Crippen MR) is 89.7 cm³/mol. The summed E-state index contributed by atoms with van der Waals surface area (Å²) in [6.07, 6.45) is 1.53. The minimum atomic E-state index is -0.0452. The molecule has 0 aliphatic heterocycles. The average Bonchev–Trinajstić information content (AvgIpc) is 3.05. The number of carbonyl (C=O) groups excluding carboxylic acids is 1. The monoisotopic (exact) mass is 322 g/mol. The Morgan fingerprint density at radius 1 is 1.09 bits per heavy atom. The number of aromatic nitrogens is 4. The van der Waals surface area contributed by atoms with Crippen LogP contribution in [0.3, 0.4) is 0 Å². The van der Waals surface area contributed by atoms with E-state index in [1.807, 2.05) is 61.5 Å². The smallest absolute Gasteiger partial charge is 0.218 e. The van der Waals surface area contributed by atoms with Crippen LogP contribution in [-0.4, -0.2) is 26.0 Å². The summed E-state index contributed by atoms with van der Waals surface area (Å²) in [6.45, 7) is 1.99. The lowest BCUT2D eigenvalue weighted by molar-refractivity contribution is 0.104. The Kier molecular flexibility index (Phi) is 4.63. The van der Waals surface area contributed by atoms with Gasteiger partial charge >= 0.3 is 0 Å². The first-order chi connectivity index (χ1) is 11.2. The number of allylic oxidation sites excluding steroid dienone is 1. The molecule has 1 aromatic heterocycles. The Morgan fingerprint density at radius 3 is 2.57 bits per heavy atom. The first-order valence-corrected chi connectivity index (χ1v) is 7.90. The summed E-state index contributed by atoms with van der Waals surface area (Å²) in [4.78, 5) is 12.1. The van der Waals surface area contributed by atoms with Crippen molar-refractivity contribution in [2.45, 2.75) is 12.1 Å². The normalized spacial score (nSPS) is 11.0. The Labute approximate surface area is 138 Å². The number of hydrogen-bond acceptors (Lipinski definition) is 5. The van der Waals surface area contributed by atoms with Gasteiger partial charge in [0.15, 0.2) is 5.78 Å². The van der Waals surface area contributed by atoms with Crippen molar-refractivity contribution in [3.8, 4) is 5.69 Å². The number of tetrazole rings is 1.